The molecule has 74 valence electrons. The third-order valence-electron chi connectivity index (χ3n) is 3.42. The Kier molecular flexibility index (Phi) is 2.28. The number of aliphatic hydroxyl groups is 1. The average molecular weight is 184 g/mol. The van der Waals surface area contributed by atoms with Crippen LogP contribution in [0.25, 0.3) is 0 Å². The van der Waals surface area contributed by atoms with Crippen molar-refractivity contribution in [2.45, 2.75) is 44.8 Å². The number of hydrogen-bond donors (Lipinski definition) is 1. The van der Waals surface area contributed by atoms with E-state index in [9.17, 15) is 9.90 Å². The molecule has 2 aliphatic carbocycles. The summed E-state index contributed by atoms with van der Waals surface area (Å²) < 4.78 is 5.22. The first-order valence-corrected chi connectivity index (χ1v) is 5.04. The van der Waals surface area contributed by atoms with Gasteiger partial charge in [-0.15, -0.1) is 0 Å². The highest BCUT2D eigenvalue weighted by atomic mass is 16.5. The van der Waals surface area contributed by atoms with Crippen molar-refractivity contribution in [3.8, 4) is 0 Å². The SMILES string of the molecule is CC(=O)OC1CC[C@@H]2C(O)CC[C@H]12. The van der Waals surface area contributed by atoms with Crippen molar-refractivity contribution < 1.29 is 14.6 Å². The van der Waals surface area contributed by atoms with Gasteiger partial charge < -0.3 is 9.84 Å². The lowest BCUT2D eigenvalue weighted by atomic mass is 9.98. The van der Waals surface area contributed by atoms with Crippen molar-refractivity contribution in [2.75, 3.05) is 0 Å². The molecule has 0 heterocycles. The Morgan fingerprint density at radius 1 is 1.23 bits per heavy atom. The van der Waals surface area contributed by atoms with E-state index in [2.05, 4.69) is 0 Å². The minimum Gasteiger partial charge on any atom is -0.462 e. The Balaban J connectivity index is 1.98. The lowest BCUT2D eigenvalue weighted by Crippen LogP contribution is -2.23. The molecule has 0 bridgehead atoms. The summed E-state index contributed by atoms with van der Waals surface area (Å²) in [5.74, 6) is 0.635. The van der Waals surface area contributed by atoms with E-state index >= 15 is 0 Å². The van der Waals surface area contributed by atoms with E-state index in [1.165, 1.54) is 6.92 Å². The maximum atomic E-state index is 10.8. The number of carbonyl (C=O) groups is 1. The fourth-order valence-corrected chi connectivity index (χ4v) is 2.88. The zero-order valence-electron chi connectivity index (χ0n) is 7.90. The number of ether oxygens (including phenoxy) is 1. The second kappa shape index (κ2) is 3.29. The van der Waals surface area contributed by atoms with E-state index in [0.29, 0.717) is 11.8 Å². The molecule has 0 saturated heterocycles. The molecule has 3 nitrogen and oxygen atoms in total. The number of aliphatic hydroxyl groups excluding tert-OH is 1. The molecule has 2 fully saturated rings. The average Bonchev–Trinajstić information content (AvgIpc) is 2.56. The molecule has 0 aromatic rings. The van der Waals surface area contributed by atoms with Crippen LogP contribution in [0, 0.1) is 11.8 Å². The Bertz CT molecular complexity index is 214. The number of fused-ring (bicyclic) bond motifs is 1. The Morgan fingerprint density at radius 2 is 1.92 bits per heavy atom. The van der Waals surface area contributed by atoms with Gasteiger partial charge >= 0.3 is 5.97 Å². The molecule has 0 spiro atoms. The second-order valence-electron chi connectivity index (χ2n) is 4.20. The highest BCUT2D eigenvalue weighted by Crippen LogP contribution is 2.45. The van der Waals surface area contributed by atoms with Gasteiger partial charge in [0.15, 0.2) is 0 Å². The zero-order chi connectivity index (χ0) is 9.42. The summed E-state index contributed by atoms with van der Waals surface area (Å²) >= 11 is 0. The predicted molar refractivity (Wildman–Crippen MR) is 47.0 cm³/mol. The smallest absolute Gasteiger partial charge is 0.302 e. The van der Waals surface area contributed by atoms with Gasteiger partial charge in [-0.25, -0.2) is 0 Å². The van der Waals surface area contributed by atoms with Crippen LogP contribution in [0.2, 0.25) is 0 Å². The standard InChI is InChI=1S/C10H16O3/c1-6(11)13-10-5-3-7-8(10)2-4-9(7)12/h7-10,12H,2-5H2,1H3/t7-,8-,9?,10?/m0/s1. The van der Waals surface area contributed by atoms with E-state index in [4.69, 9.17) is 4.74 Å². The molecule has 4 atom stereocenters. The number of carbonyl (C=O) groups excluding carboxylic acids is 1. The molecule has 0 radical (unpaired) electrons. The van der Waals surface area contributed by atoms with E-state index in [0.717, 1.165) is 25.7 Å². The van der Waals surface area contributed by atoms with E-state index in [1.54, 1.807) is 0 Å². The topological polar surface area (TPSA) is 46.5 Å². The Hall–Kier alpha value is -0.570. The van der Waals surface area contributed by atoms with Gasteiger partial charge in [-0.2, -0.15) is 0 Å². The van der Waals surface area contributed by atoms with Gasteiger partial charge in [0, 0.05) is 12.8 Å². The second-order valence-corrected chi connectivity index (χ2v) is 4.20. The van der Waals surface area contributed by atoms with Crippen LogP contribution in [0.15, 0.2) is 0 Å². The lowest BCUT2D eigenvalue weighted by Gasteiger charge is -2.18. The third kappa shape index (κ3) is 1.57. The molecular formula is C10H16O3. The quantitative estimate of drug-likeness (QED) is 0.621. The first kappa shape index (κ1) is 9.00. The van der Waals surface area contributed by atoms with Crippen LogP contribution in [0.5, 0.6) is 0 Å². The van der Waals surface area contributed by atoms with Gasteiger partial charge in [-0.05, 0) is 31.6 Å². The van der Waals surface area contributed by atoms with Gasteiger partial charge in [0.05, 0.1) is 6.10 Å². The fraction of sp³-hybridized carbons (Fsp3) is 0.900. The van der Waals surface area contributed by atoms with Crippen LogP contribution in [-0.4, -0.2) is 23.3 Å². The molecule has 13 heavy (non-hydrogen) atoms. The van der Waals surface area contributed by atoms with E-state index < -0.39 is 0 Å². The molecule has 2 rings (SSSR count). The highest BCUT2D eigenvalue weighted by molar-refractivity contribution is 5.66. The summed E-state index contributed by atoms with van der Waals surface area (Å²) in [4.78, 5) is 10.8. The number of rotatable bonds is 1. The predicted octanol–water partition coefficient (Wildman–Crippen LogP) is 1.10. The van der Waals surface area contributed by atoms with Gasteiger partial charge in [0.25, 0.3) is 0 Å². The van der Waals surface area contributed by atoms with Crippen LogP contribution < -0.4 is 0 Å². The Labute approximate surface area is 78.1 Å². The number of hydrogen-bond acceptors (Lipinski definition) is 3. The molecule has 0 aliphatic heterocycles. The van der Waals surface area contributed by atoms with Crippen LogP contribution in [-0.2, 0) is 9.53 Å². The summed E-state index contributed by atoms with van der Waals surface area (Å²) in [7, 11) is 0. The van der Waals surface area contributed by atoms with Crippen LogP contribution in [0.1, 0.15) is 32.6 Å². The molecule has 2 unspecified atom stereocenters. The minimum atomic E-state index is -0.188. The van der Waals surface area contributed by atoms with E-state index in [-0.39, 0.29) is 18.2 Å². The normalized spacial score (nSPS) is 43.2. The molecule has 1 N–H and O–H groups in total. The van der Waals surface area contributed by atoms with Crippen LogP contribution in [0.3, 0.4) is 0 Å². The highest BCUT2D eigenvalue weighted by Gasteiger charge is 2.45. The van der Waals surface area contributed by atoms with Crippen molar-refractivity contribution in [2.24, 2.45) is 11.8 Å². The van der Waals surface area contributed by atoms with Gasteiger partial charge in [-0.3, -0.25) is 4.79 Å². The summed E-state index contributed by atoms with van der Waals surface area (Å²) in [5.41, 5.74) is 0. The molecule has 0 aromatic heterocycles. The summed E-state index contributed by atoms with van der Waals surface area (Å²) in [6, 6.07) is 0. The maximum absolute atomic E-state index is 10.8. The zero-order valence-corrected chi connectivity index (χ0v) is 7.90. The third-order valence-corrected chi connectivity index (χ3v) is 3.42. The molecular weight excluding hydrogens is 168 g/mol. The van der Waals surface area contributed by atoms with Crippen molar-refractivity contribution >= 4 is 5.97 Å². The van der Waals surface area contributed by atoms with Crippen LogP contribution >= 0.6 is 0 Å². The summed E-state index contributed by atoms with van der Waals surface area (Å²) in [5, 5.41) is 9.61. The van der Waals surface area contributed by atoms with Crippen molar-refractivity contribution in [3.63, 3.8) is 0 Å². The van der Waals surface area contributed by atoms with Crippen LogP contribution in [0.4, 0.5) is 0 Å². The molecule has 2 saturated carbocycles. The first-order chi connectivity index (χ1) is 6.18. The fourth-order valence-electron chi connectivity index (χ4n) is 2.88. The largest absolute Gasteiger partial charge is 0.462 e. The van der Waals surface area contributed by atoms with Gasteiger partial charge in [0.2, 0.25) is 0 Å². The molecule has 3 heteroatoms. The molecule has 0 amide bonds. The number of esters is 1. The van der Waals surface area contributed by atoms with Gasteiger partial charge in [-0.1, -0.05) is 0 Å². The Morgan fingerprint density at radius 3 is 2.62 bits per heavy atom. The van der Waals surface area contributed by atoms with Gasteiger partial charge in [0.1, 0.15) is 6.10 Å². The van der Waals surface area contributed by atoms with Crippen molar-refractivity contribution in [1.29, 1.82) is 0 Å². The van der Waals surface area contributed by atoms with Crippen molar-refractivity contribution in [1.82, 2.24) is 0 Å². The summed E-state index contributed by atoms with van der Waals surface area (Å²) in [6.45, 7) is 1.46. The van der Waals surface area contributed by atoms with E-state index in [1.807, 2.05) is 0 Å². The summed E-state index contributed by atoms with van der Waals surface area (Å²) in [6.07, 6.45) is 3.79. The molecule has 2 aliphatic rings. The first-order valence-electron chi connectivity index (χ1n) is 5.04. The minimum absolute atomic E-state index is 0.0830. The van der Waals surface area contributed by atoms with Crippen molar-refractivity contribution in [3.05, 3.63) is 0 Å². The monoisotopic (exact) mass is 184 g/mol. The maximum Gasteiger partial charge on any atom is 0.302 e. The molecule has 0 aromatic carbocycles. The lowest BCUT2D eigenvalue weighted by molar-refractivity contribution is -0.148.